The van der Waals surface area contributed by atoms with Crippen LogP contribution in [0, 0.1) is 5.92 Å². The van der Waals surface area contributed by atoms with Crippen LogP contribution in [0.3, 0.4) is 0 Å². The fraction of sp³-hybridized carbons (Fsp3) is 0.409. The van der Waals surface area contributed by atoms with Crippen molar-refractivity contribution in [2.45, 2.75) is 37.1 Å². The van der Waals surface area contributed by atoms with E-state index in [9.17, 15) is 13.2 Å². The maximum absolute atomic E-state index is 13.0. The molecule has 0 unspecified atom stereocenters. The molecule has 1 heterocycles. The fourth-order valence-electron chi connectivity index (χ4n) is 3.67. The number of nitrogens with one attached hydrogen (secondary N) is 1. The molecule has 0 bridgehead atoms. The highest BCUT2D eigenvalue weighted by Gasteiger charge is 2.33. The van der Waals surface area contributed by atoms with Gasteiger partial charge in [-0.2, -0.15) is 4.31 Å². The molecule has 0 saturated carbocycles. The molecule has 1 aliphatic rings. The number of amides is 1. The molecular formula is C22H28N2O4S. The van der Waals surface area contributed by atoms with Crippen LogP contribution in [0.5, 0.6) is 5.75 Å². The van der Waals surface area contributed by atoms with Crippen LogP contribution in [0.4, 0.5) is 0 Å². The highest BCUT2D eigenvalue weighted by molar-refractivity contribution is 7.89. The van der Waals surface area contributed by atoms with Gasteiger partial charge in [0.15, 0.2) is 0 Å². The first-order valence-electron chi connectivity index (χ1n) is 9.95. The largest absolute Gasteiger partial charge is 0.497 e. The number of nitrogens with zero attached hydrogens (tertiary/aromatic N) is 1. The smallest absolute Gasteiger partial charge is 0.243 e. The zero-order valence-corrected chi connectivity index (χ0v) is 17.7. The fourth-order valence-corrected chi connectivity index (χ4v) is 5.19. The van der Waals surface area contributed by atoms with Gasteiger partial charge in [-0.25, -0.2) is 8.42 Å². The van der Waals surface area contributed by atoms with E-state index in [1.54, 1.807) is 24.3 Å². The average Bonchev–Trinajstić information content (AvgIpc) is 2.78. The Bertz CT molecular complexity index is 914. The molecule has 0 spiro atoms. The van der Waals surface area contributed by atoms with E-state index < -0.39 is 10.0 Å². The van der Waals surface area contributed by atoms with Crippen LogP contribution in [0.25, 0.3) is 0 Å². The molecule has 1 amide bonds. The van der Waals surface area contributed by atoms with Crippen LogP contribution in [0.1, 0.15) is 37.8 Å². The summed E-state index contributed by atoms with van der Waals surface area (Å²) in [6.07, 6.45) is 2.12. The van der Waals surface area contributed by atoms with Crippen molar-refractivity contribution in [2.24, 2.45) is 5.92 Å². The molecule has 156 valence electrons. The Morgan fingerprint density at radius 3 is 2.48 bits per heavy atom. The summed E-state index contributed by atoms with van der Waals surface area (Å²) in [5.74, 6) is 0.163. The van der Waals surface area contributed by atoms with E-state index in [2.05, 4.69) is 5.32 Å². The molecule has 2 aromatic carbocycles. The predicted molar refractivity (Wildman–Crippen MR) is 112 cm³/mol. The number of rotatable bonds is 7. The minimum absolute atomic E-state index is 0.0720. The molecule has 3 rings (SSSR count). The molecule has 29 heavy (non-hydrogen) atoms. The lowest BCUT2D eigenvalue weighted by Crippen LogP contribution is -2.46. The standard InChI is InChI=1S/C22H28N2O4S/c1-3-21(17-8-5-4-6-9-17)23-22(25)18-10-7-15-24(16-18)29(26,27)20-13-11-19(28-2)12-14-20/h4-6,8-9,11-14,18,21H,3,7,10,15-16H2,1-2H3,(H,23,25)/t18-,21-/m1/s1. The van der Waals surface area contributed by atoms with Gasteiger partial charge in [0.2, 0.25) is 15.9 Å². The number of sulfonamides is 1. The summed E-state index contributed by atoms with van der Waals surface area (Å²) >= 11 is 0. The lowest BCUT2D eigenvalue weighted by atomic mass is 9.97. The Morgan fingerprint density at radius 1 is 1.17 bits per heavy atom. The number of carbonyl (C=O) groups excluding carboxylic acids is 1. The van der Waals surface area contributed by atoms with Crippen molar-refractivity contribution in [1.82, 2.24) is 9.62 Å². The molecule has 0 aromatic heterocycles. The zero-order valence-electron chi connectivity index (χ0n) is 16.9. The first-order chi connectivity index (χ1) is 14.0. The van der Waals surface area contributed by atoms with Gasteiger partial charge in [0.05, 0.1) is 24.0 Å². The van der Waals surface area contributed by atoms with Crippen LogP contribution in [0.2, 0.25) is 0 Å². The van der Waals surface area contributed by atoms with Crippen molar-refractivity contribution in [3.8, 4) is 5.75 Å². The summed E-state index contributed by atoms with van der Waals surface area (Å²) in [5, 5.41) is 3.10. The van der Waals surface area contributed by atoms with Crippen molar-refractivity contribution >= 4 is 15.9 Å². The van der Waals surface area contributed by atoms with Gasteiger partial charge in [0, 0.05) is 13.1 Å². The number of hydrogen-bond donors (Lipinski definition) is 1. The lowest BCUT2D eigenvalue weighted by Gasteiger charge is -2.32. The van der Waals surface area contributed by atoms with Crippen LogP contribution >= 0.6 is 0 Å². The lowest BCUT2D eigenvalue weighted by molar-refractivity contribution is -0.126. The predicted octanol–water partition coefficient (Wildman–Crippen LogP) is 3.36. The van der Waals surface area contributed by atoms with Gasteiger partial charge in [-0.05, 0) is 49.1 Å². The summed E-state index contributed by atoms with van der Waals surface area (Å²) in [4.78, 5) is 13.1. The van der Waals surface area contributed by atoms with Gasteiger partial charge in [0.25, 0.3) is 0 Å². The number of carbonyl (C=O) groups is 1. The third-order valence-corrected chi connectivity index (χ3v) is 7.26. The maximum Gasteiger partial charge on any atom is 0.243 e. The van der Waals surface area contributed by atoms with Gasteiger partial charge in [-0.3, -0.25) is 4.79 Å². The van der Waals surface area contributed by atoms with E-state index in [4.69, 9.17) is 4.74 Å². The Kier molecular flexibility index (Phi) is 6.92. The van der Waals surface area contributed by atoms with Crippen LogP contribution < -0.4 is 10.1 Å². The summed E-state index contributed by atoms with van der Waals surface area (Å²) in [7, 11) is -2.10. The summed E-state index contributed by atoms with van der Waals surface area (Å²) in [5.41, 5.74) is 1.06. The molecule has 2 atom stereocenters. The maximum atomic E-state index is 13.0. The number of benzene rings is 2. The van der Waals surface area contributed by atoms with E-state index in [1.165, 1.54) is 11.4 Å². The molecule has 1 saturated heterocycles. The first kappa shape index (κ1) is 21.3. The molecule has 2 aromatic rings. The second-order valence-electron chi connectivity index (χ2n) is 7.26. The number of ether oxygens (including phenoxy) is 1. The van der Waals surface area contributed by atoms with Crippen LogP contribution in [-0.4, -0.2) is 38.8 Å². The van der Waals surface area contributed by atoms with Crippen molar-refractivity contribution in [3.63, 3.8) is 0 Å². The summed E-state index contributed by atoms with van der Waals surface area (Å²) in [6, 6.07) is 16.1. The first-order valence-corrected chi connectivity index (χ1v) is 11.4. The normalized spacial score (nSPS) is 18.8. The average molecular weight is 417 g/mol. The van der Waals surface area contributed by atoms with Gasteiger partial charge in [-0.15, -0.1) is 0 Å². The minimum atomic E-state index is -3.64. The zero-order chi connectivity index (χ0) is 20.9. The molecule has 1 aliphatic heterocycles. The Labute approximate surface area is 172 Å². The van der Waals surface area contributed by atoms with Crippen molar-refractivity contribution in [2.75, 3.05) is 20.2 Å². The Balaban J connectivity index is 1.69. The van der Waals surface area contributed by atoms with Crippen molar-refractivity contribution in [3.05, 3.63) is 60.2 Å². The van der Waals surface area contributed by atoms with E-state index in [0.29, 0.717) is 25.1 Å². The summed E-state index contributed by atoms with van der Waals surface area (Å²) < 4.78 is 32.5. The van der Waals surface area contributed by atoms with Gasteiger partial charge >= 0.3 is 0 Å². The van der Waals surface area contributed by atoms with Crippen molar-refractivity contribution < 1.29 is 17.9 Å². The molecule has 0 radical (unpaired) electrons. The molecule has 6 nitrogen and oxygen atoms in total. The summed E-state index contributed by atoms with van der Waals surface area (Å²) in [6.45, 7) is 2.65. The third-order valence-electron chi connectivity index (χ3n) is 5.38. The van der Waals surface area contributed by atoms with Crippen molar-refractivity contribution in [1.29, 1.82) is 0 Å². The highest BCUT2D eigenvalue weighted by atomic mass is 32.2. The molecule has 7 heteroatoms. The second-order valence-corrected chi connectivity index (χ2v) is 9.20. The number of methoxy groups -OCH3 is 1. The van der Waals surface area contributed by atoms with Gasteiger partial charge in [0.1, 0.15) is 5.75 Å². The van der Waals surface area contributed by atoms with E-state index in [0.717, 1.165) is 12.0 Å². The number of piperidine rings is 1. The molecule has 0 aliphatic carbocycles. The monoisotopic (exact) mass is 416 g/mol. The minimum Gasteiger partial charge on any atom is -0.497 e. The molecular weight excluding hydrogens is 388 g/mol. The van der Waals surface area contributed by atoms with Crippen LogP contribution in [-0.2, 0) is 14.8 Å². The number of hydrogen-bond acceptors (Lipinski definition) is 4. The molecule has 1 fully saturated rings. The Hall–Kier alpha value is -2.38. The van der Waals surface area contributed by atoms with E-state index >= 15 is 0 Å². The Morgan fingerprint density at radius 2 is 1.86 bits per heavy atom. The second kappa shape index (κ2) is 9.41. The SMILES string of the molecule is CC[C@@H](NC(=O)[C@@H]1CCCN(S(=O)(=O)c2ccc(OC)cc2)C1)c1ccccc1. The van der Waals surface area contributed by atoms with Crippen LogP contribution in [0.15, 0.2) is 59.5 Å². The van der Waals surface area contributed by atoms with Gasteiger partial charge in [-0.1, -0.05) is 37.3 Å². The van der Waals surface area contributed by atoms with Gasteiger partial charge < -0.3 is 10.1 Å². The quantitative estimate of drug-likeness (QED) is 0.751. The van der Waals surface area contributed by atoms with E-state index in [1.807, 2.05) is 37.3 Å². The third kappa shape index (κ3) is 4.97. The topological polar surface area (TPSA) is 75.7 Å². The molecule has 1 N–H and O–H groups in total. The van der Waals surface area contributed by atoms with E-state index in [-0.39, 0.29) is 29.3 Å². The highest BCUT2D eigenvalue weighted by Crippen LogP contribution is 2.26.